The van der Waals surface area contributed by atoms with E-state index >= 15 is 0 Å². The molecule has 2 fully saturated rings. The van der Waals surface area contributed by atoms with Crippen molar-refractivity contribution >= 4 is 24.2 Å². The molecule has 3 N–H and O–H groups in total. The highest BCUT2D eigenvalue weighted by atomic mass is 35.5. The molecule has 9 heteroatoms. The summed E-state index contributed by atoms with van der Waals surface area (Å²) in [7, 11) is 0. The number of carbonyl (C=O) groups excluding carboxylic acids is 2. The molecule has 0 aromatic carbocycles. The molecule has 2 heterocycles. The molecule has 3 unspecified atom stereocenters. The molecular formula is C14H23ClF3N3O2. The summed E-state index contributed by atoms with van der Waals surface area (Å²) in [6.45, 7) is 2.40. The highest BCUT2D eigenvalue weighted by molar-refractivity contribution is 6.00. The monoisotopic (exact) mass is 357 g/mol. The molecule has 2 aliphatic heterocycles. The van der Waals surface area contributed by atoms with E-state index in [4.69, 9.17) is 0 Å². The second-order valence-electron chi connectivity index (χ2n) is 6.02. The number of rotatable bonds is 4. The van der Waals surface area contributed by atoms with Crippen molar-refractivity contribution in [3.8, 4) is 0 Å². The summed E-state index contributed by atoms with van der Waals surface area (Å²) in [5, 5.41) is 7.85. The van der Waals surface area contributed by atoms with Gasteiger partial charge in [0.25, 0.3) is 0 Å². The van der Waals surface area contributed by atoms with E-state index in [1.165, 1.54) is 0 Å². The van der Waals surface area contributed by atoms with Gasteiger partial charge in [0, 0.05) is 6.54 Å². The first kappa shape index (κ1) is 20.0. The van der Waals surface area contributed by atoms with Crippen LogP contribution in [-0.4, -0.2) is 43.7 Å². The van der Waals surface area contributed by atoms with Crippen LogP contribution >= 0.6 is 12.4 Å². The van der Waals surface area contributed by atoms with Gasteiger partial charge in [0.15, 0.2) is 0 Å². The summed E-state index contributed by atoms with van der Waals surface area (Å²) >= 11 is 0. The molecule has 2 saturated heterocycles. The van der Waals surface area contributed by atoms with E-state index in [1.54, 1.807) is 0 Å². The largest absolute Gasteiger partial charge is 0.408 e. The third-order valence-corrected chi connectivity index (χ3v) is 4.34. The summed E-state index contributed by atoms with van der Waals surface area (Å²) in [6, 6.07) is -1.84. The zero-order valence-corrected chi connectivity index (χ0v) is 13.6. The Labute approximate surface area is 139 Å². The minimum atomic E-state index is -4.45. The van der Waals surface area contributed by atoms with E-state index in [0.29, 0.717) is 12.5 Å². The van der Waals surface area contributed by atoms with E-state index in [0.717, 1.165) is 32.4 Å². The van der Waals surface area contributed by atoms with Gasteiger partial charge in [-0.15, -0.1) is 12.4 Å². The van der Waals surface area contributed by atoms with Crippen molar-refractivity contribution in [3.63, 3.8) is 0 Å². The van der Waals surface area contributed by atoms with Crippen LogP contribution in [0.25, 0.3) is 0 Å². The Hall–Kier alpha value is -1.02. The molecule has 0 aromatic heterocycles. The highest BCUT2D eigenvalue weighted by Crippen LogP contribution is 2.28. The lowest BCUT2D eigenvalue weighted by molar-refractivity contribution is -0.171. The molecule has 0 saturated carbocycles. The van der Waals surface area contributed by atoms with E-state index in [9.17, 15) is 22.8 Å². The molecule has 134 valence electrons. The SMILES string of the molecule is Cl.O=C(NCCC1CCCNC1)C1CCC(C(F)(F)F)NC1=O. The zero-order chi connectivity index (χ0) is 16.2. The Morgan fingerprint density at radius 2 is 2.00 bits per heavy atom. The quantitative estimate of drug-likeness (QED) is 0.666. The van der Waals surface area contributed by atoms with Crippen LogP contribution in [0.4, 0.5) is 13.2 Å². The van der Waals surface area contributed by atoms with Gasteiger partial charge in [0.1, 0.15) is 12.0 Å². The maximum absolute atomic E-state index is 12.5. The van der Waals surface area contributed by atoms with Crippen LogP contribution in [0.1, 0.15) is 32.1 Å². The number of nitrogens with one attached hydrogen (secondary N) is 3. The van der Waals surface area contributed by atoms with Crippen molar-refractivity contribution in [1.29, 1.82) is 0 Å². The molecule has 2 aliphatic rings. The van der Waals surface area contributed by atoms with Gasteiger partial charge < -0.3 is 16.0 Å². The predicted molar refractivity (Wildman–Crippen MR) is 81.2 cm³/mol. The molecule has 0 aromatic rings. The van der Waals surface area contributed by atoms with Gasteiger partial charge in [-0.1, -0.05) is 0 Å². The molecule has 2 amide bonds. The molecule has 0 bridgehead atoms. The van der Waals surface area contributed by atoms with Gasteiger partial charge in [-0.2, -0.15) is 13.2 Å². The smallest absolute Gasteiger partial charge is 0.355 e. The summed E-state index contributed by atoms with van der Waals surface area (Å²) in [4.78, 5) is 23.6. The van der Waals surface area contributed by atoms with Crippen LogP contribution in [0.15, 0.2) is 0 Å². The minimum Gasteiger partial charge on any atom is -0.355 e. The number of hydrogen-bond donors (Lipinski definition) is 3. The second kappa shape index (κ2) is 8.73. The lowest BCUT2D eigenvalue weighted by Crippen LogP contribution is -2.54. The van der Waals surface area contributed by atoms with E-state index in [-0.39, 0.29) is 25.2 Å². The maximum Gasteiger partial charge on any atom is 0.408 e. The van der Waals surface area contributed by atoms with Gasteiger partial charge in [-0.25, -0.2) is 0 Å². The minimum absolute atomic E-state index is 0. The van der Waals surface area contributed by atoms with Crippen LogP contribution < -0.4 is 16.0 Å². The Morgan fingerprint density at radius 1 is 1.26 bits per heavy atom. The molecule has 3 atom stereocenters. The van der Waals surface area contributed by atoms with Crippen LogP contribution in [0, 0.1) is 11.8 Å². The summed E-state index contributed by atoms with van der Waals surface area (Å²) < 4.78 is 37.6. The van der Waals surface area contributed by atoms with E-state index in [2.05, 4.69) is 10.6 Å². The predicted octanol–water partition coefficient (Wildman–Crippen LogP) is 1.37. The van der Waals surface area contributed by atoms with Crippen LogP contribution in [-0.2, 0) is 9.59 Å². The average molecular weight is 358 g/mol. The van der Waals surface area contributed by atoms with Crippen molar-refractivity contribution in [3.05, 3.63) is 0 Å². The fraction of sp³-hybridized carbons (Fsp3) is 0.857. The van der Waals surface area contributed by atoms with Gasteiger partial charge in [-0.3, -0.25) is 9.59 Å². The zero-order valence-electron chi connectivity index (χ0n) is 12.7. The fourth-order valence-electron chi connectivity index (χ4n) is 3.00. The molecule has 0 radical (unpaired) electrons. The first-order valence-corrected chi connectivity index (χ1v) is 7.73. The van der Waals surface area contributed by atoms with Gasteiger partial charge >= 0.3 is 6.18 Å². The van der Waals surface area contributed by atoms with E-state index < -0.39 is 30.0 Å². The number of hydrogen-bond acceptors (Lipinski definition) is 3. The van der Waals surface area contributed by atoms with Gasteiger partial charge in [0.2, 0.25) is 11.8 Å². The lowest BCUT2D eigenvalue weighted by atomic mass is 9.92. The first-order valence-electron chi connectivity index (χ1n) is 7.73. The van der Waals surface area contributed by atoms with Crippen LogP contribution in [0.5, 0.6) is 0 Å². The molecule has 5 nitrogen and oxygen atoms in total. The average Bonchev–Trinajstić information content (AvgIpc) is 2.47. The first-order chi connectivity index (χ1) is 10.4. The lowest BCUT2D eigenvalue weighted by Gasteiger charge is -2.30. The number of amides is 2. The van der Waals surface area contributed by atoms with Crippen molar-refractivity contribution < 1.29 is 22.8 Å². The standard InChI is InChI=1S/C14H22F3N3O2.ClH/c15-14(16,17)11-4-3-10(13(22)20-11)12(21)19-7-5-9-2-1-6-18-8-9;/h9-11,18H,1-8H2,(H,19,21)(H,20,22);1H. The van der Waals surface area contributed by atoms with Crippen molar-refractivity contribution in [2.45, 2.75) is 44.3 Å². The van der Waals surface area contributed by atoms with Crippen molar-refractivity contribution in [2.75, 3.05) is 19.6 Å². The topological polar surface area (TPSA) is 70.2 Å². The number of halogens is 4. The van der Waals surface area contributed by atoms with Crippen molar-refractivity contribution in [1.82, 2.24) is 16.0 Å². The Balaban J connectivity index is 0.00000264. The normalized spacial score (nSPS) is 28.5. The molecule has 2 rings (SSSR count). The summed E-state index contributed by atoms with van der Waals surface area (Å²) in [6.07, 6.45) is -1.72. The molecule has 0 aliphatic carbocycles. The van der Waals surface area contributed by atoms with E-state index in [1.807, 2.05) is 5.32 Å². The third-order valence-electron chi connectivity index (χ3n) is 4.34. The number of alkyl halides is 3. The third kappa shape index (κ3) is 5.84. The highest BCUT2D eigenvalue weighted by Gasteiger charge is 2.45. The fourth-order valence-corrected chi connectivity index (χ4v) is 3.00. The summed E-state index contributed by atoms with van der Waals surface area (Å²) in [5.74, 6) is -1.81. The number of carbonyl (C=O) groups is 2. The van der Waals surface area contributed by atoms with Crippen LogP contribution in [0.2, 0.25) is 0 Å². The Bertz CT molecular complexity index is 415. The maximum atomic E-state index is 12.5. The Kier molecular flexibility index (Phi) is 7.60. The molecule has 23 heavy (non-hydrogen) atoms. The Morgan fingerprint density at radius 3 is 2.57 bits per heavy atom. The number of piperidine rings is 2. The molecular weight excluding hydrogens is 335 g/mol. The van der Waals surface area contributed by atoms with Crippen molar-refractivity contribution in [2.24, 2.45) is 11.8 Å². The molecule has 0 spiro atoms. The van der Waals surface area contributed by atoms with Gasteiger partial charge in [0.05, 0.1) is 0 Å². The van der Waals surface area contributed by atoms with Crippen LogP contribution in [0.3, 0.4) is 0 Å². The van der Waals surface area contributed by atoms with Gasteiger partial charge in [-0.05, 0) is 51.1 Å². The second-order valence-corrected chi connectivity index (χ2v) is 6.02. The summed E-state index contributed by atoms with van der Waals surface area (Å²) in [5.41, 5.74) is 0.